The van der Waals surface area contributed by atoms with Crippen LogP contribution in [-0.2, 0) is 31.8 Å². The highest BCUT2D eigenvalue weighted by Gasteiger charge is 2.42. The van der Waals surface area contributed by atoms with Crippen molar-refractivity contribution in [1.82, 2.24) is 40.1 Å². The SMILES string of the molecule is Cn1ccnc1NC(=O)c1c(C(F)(F)F)[nH]c2c(C(F)(F)F)cccc2c1=O.O=C(Nc1nn[nH]n1)c1c(C(F)(F)F)[nH]c2c(C(F)(F)F)cccc2c1=O. The summed E-state index contributed by atoms with van der Waals surface area (Å²) in [6.45, 7) is 0. The smallest absolute Gasteiger partial charge is 0.350 e. The number of aromatic nitrogens is 8. The van der Waals surface area contributed by atoms with Gasteiger partial charge in [-0.05, 0) is 29.5 Å². The Morgan fingerprint density at radius 1 is 0.673 bits per heavy atom. The third-order valence-electron chi connectivity index (χ3n) is 7.32. The first kappa shape index (κ1) is 39.4. The van der Waals surface area contributed by atoms with Crippen LogP contribution in [0, 0.1) is 0 Å². The van der Waals surface area contributed by atoms with Crippen molar-refractivity contribution in [2.45, 2.75) is 24.7 Å². The van der Waals surface area contributed by atoms with Gasteiger partial charge in [-0.15, -0.1) is 5.10 Å². The van der Waals surface area contributed by atoms with E-state index in [9.17, 15) is 71.9 Å². The molecule has 2 aromatic carbocycles. The van der Waals surface area contributed by atoms with Gasteiger partial charge in [-0.25, -0.2) is 4.98 Å². The molecule has 4 heterocycles. The molecule has 4 aromatic heterocycles. The van der Waals surface area contributed by atoms with Gasteiger partial charge in [-0.1, -0.05) is 17.2 Å². The summed E-state index contributed by atoms with van der Waals surface area (Å²) in [6.07, 6.45) is -18.0. The Morgan fingerprint density at radius 2 is 1.13 bits per heavy atom. The number of aromatic amines is 3. The van der Waals surface area contributed by atoms with Crippen molar-refractivity contribution in [3.63, 3.8) is 0 Å². The number of anilines is 2. The lowest BCUT2D eigenvalue weighted by atomic mass is 10.0. The van der Waals surface area contributed by atoms with E-state index < -0.39 is 109 Å². The Balaban J connectivity index is 0.000000211. The van der Waals surface area contributed by atoms with E-state index in [-0.39, 0.29) is 5.95 Å². The molecule has 14 nitrogen and oxygen atoms in total. The normalized spacial score (nSPS) is 12.4. The molecule has 290 valence electrons. The number of pyridine rings is 2. The second-order valence-corrected chi connectivity index (χ2v) is 10.9. The fourth-order valence-corrected chi connectivity index (χ4v) is 4.98. The van der Waals surface area contributed by atoms with Crippen molar-refractivity contribution >= 4 is 45.5 Å². The van der Waals surface area contributed by atoms with Gasteiger partial charge in [-0.3, -0.25) is 29.8 Å². The molecule has 26 heteroatoms. The molecule has 6 aromatic rings. The maximum Gasteiger partial charge on any atom is 0.432 e. The van der Waals surface area contributed by atoms with Gasteiger partial charge in [0.1, 0.15) is 22.5 Å². The van der Waals surface area contributed by atoms with Gasteiger partial charge in [0.25, 0.3) is 17.8 Å². The van der Waals surface area contributed by atoms with E-state index in [0.29, 0.717) is 12.1 Å². The van der Waals surface area contributed by atoms with E-state index in [0.717, 1.165) is 24.3 Å². The second-order valence-electron chi connectivity index (χ2n) is 10.9. The lowest BCUT2D eigenvalue weighted by Crippen LogP contribution is -2.29. The minimum atomic E-state index is -5.32. The van der Waals surface area contributed by atoms with Gasteiger partial charge in [0.2, 0.25) is 16.8 Å². The number of imidazole rings is 1. The summed E-state index contributed by atoms with van der Waals surface area (Å²) in [5, 5.41) is 14.0. The zero-order valence-corrected chi connectivity index (χ0v) is 26.5. The van der Waals surface area contributed by atoms with Crippen molar-refractivity contribution in [2.24, 2.45) is 7.05 Å². The Hall–Kier alpha value is -6.76. The Morgan fingerprint density at radius 3 is 1.49 bits per heavy atom. The summed E-state index contributed by atoms with van der Waals surface area (Å²) >= 11 is 0. The minimum absolute atomic E-state index is 0.151. The number of nitrogens with zero attached hydrogens (tertiary/aromatic N) is 5. The summed E-state index contributed by atoms with van der Waals surface area (Å²) < 4.78 is 160. The topological polar surface area (TPSA) is 196 Å². The molecule has 2 amide bonds. The number of hydrogen-bond donors (Lipinski definition) is 5. The fraction of sp³-hybridized carbons (Fsp3) is 0.172. The van der Waals surface area contributed by atoms with E-state index >= 15 is 0 Å². The van der Waals surface area contributed by atoms with Crippen molar-refractivity contribution < 1.29 is 62.3 Å². The van der Waals surface area contributed by atoms with Crippen LogP contribution in [0.2, 0.25) is 0 Å². The maximum absolute atomic E-state index is 13.5. The van der Waals surface area contributed by atoms with E-state index in [1.165, 1.54) is 24.0 Å². The first-order valence-electron chi connectivity index (χ1n) is 14.4. The number of amides is 2. The summed E-state index contributed by atoms with van der Waals surface area (Å²) in [4.78, 5) is 56.3. The zero-order valence-electron chi connectivity index (χ0n) is 26.5. The Labute approximate surface area is 293 Å². The third kappa shape index (κ3) is 7.96. The molecule has 6 rings (SSSR count). The summed E-state index contributed by atoms with van der Waals surface area (Å²) in [5.41, 5.74) is -14.7. The summed E-state index contributed by atoms with van der Waals surface area (Å²) in [7, 11) is 1.44. The van der Waals surface area contributed by atoms with E-state index in [1.54, 1.807) is 15.3 Å². The predicted octanol–water partition coefficient (Wildman–Crippen LogP) is 5.88. The molecule has 0 fully saturated rings. The minimum Gasteiger partial charge on any atom is -0.350 e. The molecular formula is C29H16F12N10O4. The lowest BCUT2D eigenvalue weighted by Gasteiger charge is -2.16. The number of hydrogen-bond acceptors (Lipinski definition) is 8. The van der Waals surface area contributed by atoms with Crippen LogP contribution in [0.25, 0.3) is 21.8 Å². The molecule has 5 N–H and O–H groups in total. The van der Waals surface area contributed by atoms with Crippen LogP contribution in [-0.4, -0.2) is 52.0 Å². The van der Waals surface area contributed by atoms with Crippen LogP contribution in [0.1, 0.15) is 43.2 Å². The van der Waals surface area contributed by atoms with Crippen LogP contribution in [0.3, 0.4) is 0 Å². The maximum atomic E-state index is 13.5. The summed E-state index contributed by atoms with van der Waals surface area (Å²) in [5.74, 6) is -3.70. The van der Waals surface area contributed by atoms with Gasteiger partial charge < -0.3 is 14.5 Å². The highest BCUT2D eigenvalue weighted by atomic mass is 19.4. The van der Waals surface area contributed by atoms with Crippen LogP contribution in [0.15, 0.2) is 58.4 Å². The number of fused-ring (bicyclic) bond motifs is 2. The molecule has 0 atom stereocenters. The Bertz CT molecular complexity index is 2550. The molecule has 0 spiro atoms. The largest absolute Gasteiger partial charge is 0.432 e. The average molecular weight is 796 g/mol. The molecule has 0 saturated carbocycles. The van der Waals surface area contributed by atoms with Gasteiger partial charge in [0, 0.05) is 30.2 Å². The molecule has 0 saturated heterocycles. The number of para-hydroxylation sites is 2. The van der Waals surface area contributed by atoms with Crippen LogP contribution in [0.4, 0.5) is 64.6 Å². The lowest BCUT2D eigenvalue weighted by molar-refractivity contribution is -0.142. The number of H-pyrrole nitrogens is 3. The second kappa shape index (κ2) is 13.9. The van der Waals surface area contributed by atoms with E-state index in [1.807, 2.05) is 10.5 Å². The van der Waals surface area contributed by atoms with Crippen molar-refractivity contribution in [3.8, 4) is 0 Å². The number of carbonyl (C=O) groups excluding carboxylic acids is 2. The predicted molar refractivity (Wildman–Crippen MR) is 162 cm³/mol. The molecule has 55 heavy (non-hydrogen) atoms. The number of benzene rings is 2. The molecular weight excluding hydrogens is 780 g/mol. The number of halogens is 12. The monoisotopic (exact) mass is 796 g/mol. The number of nitrogens with one attached hydrogen (secondary N) is 5. The van der Waals surface area contributed by atoms with E-state index in [2.05, 4.69) is 20.4 Å². The van der Waals surface area contributed by atoms with Gasteiger partial charge >= 0.3 is 24.7 Å². The first-order valence-corrected chi connectivity index (χ1v) is 14.4. The zero-order chi connectivity index (χ0) is 40.8. The summed E-state index contributed by atoms with van der Waals surface area (Å²) in [6, 6.07) is 4.53. The number of tetrazole rings is 1. The highest BCUT2D eigenvalue weighted by Crippen LogP contribution is 2.38. The Kier molecular flexibility index (Phi) is 9.97. The number of alkyl halides is 12. The van der Waals surface area contributed by atoms with Crippen molar-refractivity contribution in [3.05, 3.63) is 103 Å². The van der Waals surface area contributed by atoms with Crippen LogP contribution >= 0.6 is 0 Å². The third-order valence-corrected chi connectivity index (χ3v) is 7.32. The van der Waals surface area contributed by atoms with Gasteiger partial charge in [-0.2, -0.15) is 57.9 Å². The van der Waals surface area contributed by atoms with E-state index in [4.69, 9.17) is 0 Å². The van der Waals surface area contributed by atoms with Crippen LogP contribution in [0.5, 0.6) is 0 Å². The fourth-order valence-electron chi connectivity index (χ4n) is 4.98. The average Bonchev–Trinajstić information content (AvgIpc) is 3.73. The van der Waals surface area contributed by atoms with Crippen molar-refractivity contribution in [2.75, 3.05) is 10.6 Å². The van der Waals surface area contributed by atoms with Gasteiger partial charge in [0.05, 0.1) is 22.2 Å². The van der Waals surface area contributed by atoms with Crippen molar-refractivity contribution in [1.29, 1.82) is 0 Å². The number of rotatable bonds is 4. The quantitative estimate of drug-likeness (QED) is 0.136. The highest BCUT2D eigenvalue weighted by molar-refractivity contribution is 6.07. The first-order chi connectivity index (χ1) is 25.4. The number of carbonyl (C=O) groups is 2. The van der Waals surface area contributed by atoms with Crippen LogP contribution < -0.4 is 21.5 Å². The molecule has 0 aliphatic rings. The number of aryl methyl sites for hydroxylation is 1. The standard InChI is InChI=1S/C16H10F6N4O2.C13H6F6N6O2/c1-26-6-5-23-14(26)25-13(28)9-11(27)7-3-2-4-8(15(17,18)19)10(7)24-12(9)16(20,21)22;14-12(15,16)5-3-1-2-4-7(5)20-9(13(17,18)19)6(8(4)26)10(27)21-11-22-24-25-23-11/h2-6H,1H3,(H,24,27)(H,23,25,28);1-3H,(H,20,26)(H2,21,22,23,24,25,27). The molecule has 0 radical (unpaired) electrons. The molecule has 0 bridgehead atoms. The molecule has 0 aliphatic carbocycles. The molecule has 0 aliphatic heterocycles. The molecule has 0 unspecified atom stereocenters. The van der Waals surface area contributed by atoms with Gasteiger partial charge in [0.15, 0.2) is 0 Å².